The number of nitrogens with zero attached hydrogens (tertiary/aromatic N) is 5. The molecule has 0 atom stereocenters. The highest BCUT2D eigenvalue weighted by Crippen LogP contribution is 2.26. The SMILES string of the molecule is Cc1nc(CN2CCN(Cc3cn(C)nc3-c3cccc(Cl)c3)CC2)cs1. The van der Waals surface area contributed by atoms with E-state index >= 15 is 0 Å². The molecule has 3 aromatic rings. The molecule has 0 saturated carbocycles. The average molecular weight is 402 g/mol. The lowest BCUT2D eigenvalue weighted by atomic mass is 10.1. The Balaban J connectivity index is 1.39. The first-order chi connectivity index (χ1) is 13.1. The lowest BCUT2D eigenvalue weighted by Gasteiger charge is -2.34. The highest BCUT2D eigenvalue weighted by Gasteiger charge is 2.20. The van der Waals surface area contributed by atoms with E-state index in [1.54, 1.807) is 11.3 Å². The molecule has 0 N–H and O–H groups in total. The first kappa shape index (κ1) is 18.6. The fraction of sp³-hybridized carbons (Fsp3) is 0.400. The maximum atomic E-state index is 6.17. The zero-order chi connectivity index (χ0) is 18.8. The molecule has 0 spiro atoms. The summed E-state index contributed by atoms with van der Waals surface area (Å²) in [4.78, 5) is 9.59. The molecule has 3 heterocycles. The Labute approximate surface area is 169 Å². The molecule has 4 rings (SSSR count). The summed E-state index contributed by atoms with van der Waals surface area (Å²) in [6.07, 6.45) is 2.13. The van der Waals surface area contributed by atoms with Crippen molar-refractivity contribution in [1.29, 1.82) is 0 Å². The number of halogens is 1. The van der Waals surface area contributed by atoms with E-state index < -0.39 is 0 Å². The fourth-order valence-electron chi connectivity index (χ4n) is 3.59. The van der Waals surface area contributed by atoms with E-state index in [0.717, 1.165) is 60.6 Å². The van der Waals surface area contributed by atoms with Gasteiger partial charge < -0.3 is 0 Å². The zero-order valence-corrected chi connectivity index (χ0v) is 17.3. The van der Waals surface area contributed by atoms with Gasteiger partial charge in [0, 0.05) is 74.0 Å². The fourth-order valence-corrected chi connectivity index (χ4v) is 4.38. The van der Waals surface area contributed by atoms with Gasteiger partial charge in [0.05, 0.1) is 16.4 Å². The van der Waals surface area contributed by atoms with E-state index in [1.807, 2.05) is 29.9 Å². The molecular formula is C20H24ClN5S. The second-order valence-corrected chi connectivity index (χ2v) is 8.60. The zero-order valence-electron chi connectivity index (χ0n) is 15.7. The lowest BCUT2D eigenvalue weighted by Crippen LogP contribution is -2.45. The third kappa shape index (κ3) is 4.58. The van der Waals surface area contributed by atoms with Crippen LogP contribution in [0.15, 0.2) is 35.8 Å². The predicted octanol–water partition coefficient (Wildman–Crippen LogP) is 3.82. The molecular weight excluding hydrogens is 378 g/mol. The minimum absolute atomic E-state index is 0.745. The van der Waals surface area contributed by atoms with Crippen molar-refractivity contribution in [2.24, 2.45) is 7.05 Å². The van der Waals surface area contributed by atoms with Gasteiger partial charge in [-0.15, -0.1) is 11.3 Å². The van der Waals surface area contributed by atoms with Crippen molar-refractivity contribution >= 4 is 22.9 Å². The van der Waals surface area contributed by atoms with E-state index in [2.05, 4.69) is 44.4 Å². The van der Waals surface area contributed by atoms with Crippen molar-refractivity contribution in [1.82, 2.24) is 24.6 Å². The van der Waals surface area contributed by atoms with Crippen molar-refractivity contribution in [3.05, 3.63) is 57.1 Å². The maximum absolute atomic E-state index is 6.17. The Bertz CT molecular complexity index is 911. The van der Waals surface area contributed by atoms with Gasteiger partial charge in [-0.25, -0.2) is 4.98 Å². The van der Waals surface area contributed by atoms with E-state index in [0.29, 0.717) is 0 Å². The van der Waals surface area contributed by atoms with Crippen LogP contribution in [0.25, 0.3) is 11.3 Å². The first-order valence-corrected chi connectivity index (χ1v) is 10.5. The van der Waals surface area contributed by atoms with Gasteiger partial charge in [0.2, 0.25) is 0 Å². The van der Waals surface area contributed by atoms with Crippen LogP contribution >= 0.6 is 22.9 Å². The molecule has 142 valence electrons. The van der Waals surface area contributed by atoms with Crippen molar-refractivity contribution in [3.63, 3.8) is 0 Å². The number of thiazole rings is 1. The van der Waals surface area contributed by atoms with Crippen LogP contribution in [-0.2, 0) is 20.1 Å². The number of hydrogen-bond donors (Lipinski definition) is 0. The highest BCUT2D eigenvalue weighted by molar-refractivity contribution is 7.09. The van der Waals surface area contributed by atoms with Crippen LogP contribution in [0.2, 0.25) is 5.02 Å². The number of piperazine rings is 1. The van der Waals surface area contributed by atoms with Gasteiger partial charge in [-0.1, -0.05) is 23.7 Å². The summed E-state index contributed by atoms with van der Waals surface area (Å²) in [6.45, 7) is 8.21. The summed E-state index contributed by atoms with van der Waals surface area (Å²) in [5.74, 6) is 0. The third-order valence-electron chi connectivity index (χ3n) is 4.91. The summed E-state index contributed by atoms with van der Waals surface area (Å²) in [5.41, 5.74) is 4.56. The molecule has 1 aromatic carbocycles. The van der Waals surface area contributed by atoms with Crippen LogP contribution in [0.5, 0.6) is 0 Å². The van der Waals surface area contributed by atoms with Gasteiger partial charge in [-0.05, 0) is 19.1 Å². The molecule has 27 heavy (non-hydrogen) atoms. The Hall–Kier alpha value is -1.73. The molecule has 2 aromatic heterocycles. The lowest BCUT2D eigenvalue weighted by molar-refractivity contribution is 0.121. The van der Waals surface area contributed by atoms with E-state index in [4.69, 9.17) is 11.6 Å². The second-order valence-electron chi connectivity index (χ2n) is 7.10. The van der Waals surface area contributed by atoms with Gasteiger partial charge in [-0.3, -0.25) is 14.5 Å². The Morgan fingerprint density at radius 1 is 1.11 bits per heavy atom. The normalized spacial score (nSPS) is 16.1. The average Bonchev–Trinajstić information content (AvgIpc) is 3.22. The summed E-state index contributed by atoms with van der Waals surface area (Å²) in [7, 11) is 1.98. The summed E-state index contributed by atoms with van der Waals surface area (Å²) >= 11 is 7.91. The quantitative estimate of drug-likeness (QED) is 0.651. The smallest absolute Gasteiger partial charge is 0.0968 e. The molecule has 7 heteroatoms. The predicted molar refractivity (Wildman–Crippen MR) is 111 cm³/mol. The van der Waals surface area contributed by atoms with Gasteiger partial charge in [0.1, 0.15) is 0 Å². The largest absolute Gasteiger partial charge is 0.296 e. The van der Waals surface area contributed by atoms with Crippen LogP contribution in [0.3, 0.4) is 0 Å². The molecule has 0 amide bonds. The van der Waals surface area contributed by atoms with E-state index in [1.165, 1.54) is 11.3 Å². The van der Waals surface area contributed by atoms with Crippen molar-refractivity contribution in [3.8, 4) is 11.3 Å². The first-order valence-electron chi connectivity index (χ1n) is 9.21. The minimum Gasteiger partial charge on any atom is -0.296 e. The Morgan fingerprint density at radius 2 is 1.85 bits per heavy atom. The molecule has 0 unspecified atom stereocenters. The molecule has 0 aliphatic carbocycles. The summed E-state index contributed by atoms with van der Waals surface area (Å²) < 4.78 is 1.90. The monoisotopic (exact) mass is 401 g/mol. The molecule has 1 aliphatic rings. The molecule has 1 fully saturated rings. The topological polar surface area (TPSA) is 37.2 Å². The van der Waals surface area contributed by atoms with Crippen LogP contribution in [-0.4, -0.2) is 50.7 Å². The Kier molecular flexibility index (Phi) is 5.59. The van der Waals surface area contributed by atoms with Gasteiger partial charge in [0.15, 0.2) is 0 Å². The molecule has 1 saturated heterocycles. The van der Waals surface area contributed by atoms with Crippen molar-refractivity contribution < 1.29 is 0 Å². The Morgan fingerprint density at radius 3 is 2.52 bits per heavy atom. The highest BCUT2D eigenvalue weighted by atomic mass is 35.5. The summed E-state index contributed by atoms with van der Waals surface area (Å²) in [6, 6.07) is 7.94. The van der Waals surface area contributed by atoms with Gasteiger partial charge >= 0.3 is 0 Å². The maximum Gasteiger partial charge on any atom is 0.0968 e. The number of rotatable bonds is 5. The molecule has 0 radical (unpaired) electrons. The van der Waals surface area contributed by atoms with Crippen LogP contribution in [0.1, 0.15) is 16.3 Å². The summed E-state index contributed by atoms with van der Waals surface area (Å²) in [5, 5.41) is 8.74. The standard InChI is InChI=1S/C20H24ClN5S/c1-15-22-19(14-27-15)13-26-8-6-25(7-9-26)12-17-11-24(2)23-20(17)16-4-3-5-18(21)10-16/h3-5,10-11,14H,6-9,12-13H2,1-2H3. The molecule has 0 bridgehead atoms. The van der Waals surface area contributed by atoms with Crippen LogP contribution in [0.4, 0.5) is 0 Å². The van der Waals surface area contributed by atoms with Crippen molar-refractivity contribution in [2.75, 3.05) is 26.2 Å². The minimum atomic E-state index is 0.745. The second kappa shape index (κ2) is 8.10. The molecule has 1 aliphatic heterocycles. The number of aromatic nitrogens is 3. The van der Waals surface area contributed by atoms with E-state index in [9.17, 15) is 0 Å². The van der Waals surface area contributed by atoms with Gasteiger partial charge in [0.25, 0.3) is 0 Å². The third-order valence-corrected chi connectivity index (χ3v) is 5.97. The number of hydrogen-bond acceptors (Lipinski definition) is 5. The van der Waals surface area contributed by atoms with Crippen LogP contribution in [0, 0.1) is 6.92 Å². The van der Waals surface area contributed by atoms with Gasteiger partial charge in [-0.2, -0.15) is 5.10 Å². The number of benzene rings is 1. The number of aryl methyl sites for hydroxylation is 2. The molecule has 5 nitrogen and oxygen atoms in total. The van der Waals surface area contributed by atoms with E-state index in [-0.39, 0.29) is 0 Å². The van der Waals surface area contributed by atoms with Crippen molar-refractivity contribution in [2.45, 2.75) is 20.0 Å². The van der Waals surface area contributed by atoms with Crippen LogP contribution < -0.4 is 0 Å².